The SMILES string of the molecule is C[C@@H](N)C(=O)NCC1(c2ccccc2)CCCCCC1. The summed E-state index contributed by atoms with van der Waals surface area (Å²) in [7, 11) is 0. The van der Waals surface area contributed by atoms with Gasteiger partial charge in [-0.1, -0.05) is 56.0 Å². The first-order valence-electron chi connectivity index (χ1n) is 7.73. The lowest BCUT2D eigenvalue weighted by atomic mass is 9.74. The molecular weight excluding hydrogens is 248 g/mol. The van der Waals surface area contributed by atoms with Gasteiger partial charge >= 0.3 is 0 Å². The topological polar surface area (TPSA) is 55.1 Å². The van der Waals surface area contributed by atoms with Crippen molar-refractivity contribution in [2.75, 3.05) is 6.54 Å². The van der Waals surface area contributed by atoms with E-state index in [-0.39, 0.29) is 11.3 Å². The number of rotatable bonds is 4. The highest BCUT2D eigenvalue weighted by Crippen LogP contribution is 2.37. The second-order valence-corrected chi connectivity index (χ2v) is 6.07. The third-order valence-corrected chi connectivity index (χ3v) is 4.46. The van der Waals surface area contributed by atoms with Crippen LogP contribution < -0.4 is 11.1 Å². The van der Waals surface area contributed by atoms with Crippen LogP contribution in [0.15, 0.2) is 30.3 Å². The zero-order valence-corrected chi connectivity index (χ0v) is 12.4. The van der Waals surface area contributed by atoms with Crippen LogP contribution >= 0.6 is 0 Å². The minimum absolute atomic E-state index is 0.0513. The highest BCUT2D eigenvalue weighted by Gasteiger charge is 2.33. The number of nitrogens with two attached hydrogens (primary N) is 1. The van der Waals surface area contributed by atoms with Crippen molar-refractivity contribution in [3.05, 3.63) is 35.9 Å². The van der Waals surface area contributed by atoms with E-state index in [1.165, 1.54) is 31.2 Å². The number of hydrogen-bond acceptors (Lipinski definition) is 2. The zero-order chi connectivity index (χ0) is 14.4. The molecule has 1 aliphatic rings. The van der Waals surface area contributed by atoms with Gasteiger partial charge < -0.3 is 11.1 Å². The van der Waals surface area contributed by atoms with Gasteiger partial charge in [-0.15, -0.1) is 0 Å². The third kappa shape index (κ3) is 3.60. The number of carbonyl (C=O) groups excluding carboxylic acids is 1. The van der Waals surface area contributed by atoms with Crippen LogP contribution in [-0.2, 0) is 10.2 Å². The number of carbonyl (C=O) groups is 1. The van der Waals surface area contributed by atoms with Crippen molar-refractivity contribution in [3.63, 3.8) is 0 Å². The average molecular weight is 274 g/mol. The van der Waals surface area contributed by atoms with Gasteiger partial charge in [-0.2, -0.15) is 0 Å². The van der Waals surface area contributed by atoms with Crippen molar-refractivity contribution >= 4 is 5.91 Å². The monoisotopic (exact) mass is 274 g/mol. The van der Waals surface area contributed by atoms with Crippen molar-refractivity contribution in [1.82, 2.24) is 5.32 Å². The summed E-state index contributed by atoms with van der Waals surface area (Å²) in [6.07, 6.45) is 7.38. The van der Waals surface area contributed by atoms with Crippen LogP contribution in [0.1, 0.15) is 51.0 Å². The smallest absolute Gasteiger partial charge is 0.236 e. The number of hydrogen-bond donors (Lipinski definition) is 2. The molecule has 0 radical (unpaired) electrons. The molecule has 0 spiro atoms. The van der Waals surface area contributed by atoms with E-state index in [0.717, 1.165) is 12.8 Å². The van der Waals surface area contributed by atoms with Crippen LogP contribution in [0.25, 0.3) is 0 Å². The molecule has 1 amide bonds. The standard InChI is InChI=1S/C17H26N2O/c1-14(18)16(20)19-13-17(11-7-2-3-8-12-17)15-9-5-4-6-10-15/h4-6,9-10,14H,2-3,7-8,11-13,18H2,1H3,(H,19,20)/t14-/m1/s1. The molecule has 1 atom stereocenters. The molecule has 3 nitrogen and oxygen atoms in total. The fourth-order valence-corrected chi connectivity index (χ4v) is 3.18. The Hall–Kier alpha value is -1.35. The summed E-state index contributed by atoms with van der Waals surface area (Å²) in [5.41, 5.74) is 7.09. The fraction of sp³-hybridized carbons (Fsp3) is 0.588. The van der Waals surface area contributed by atoms with Crippen LogP contribution in [0.2, 0.25) is 0 Å². The fourth-order valence-electron chi connectivity index (χ4n) is 3.18. The summed E-state index contributed by atoms with van der Waals surface area (Å²) in [5, 5.41) is 3.05. The normalized spacial score (nSPS) is 19.9. The molecule has 0 bridgehead atoms. The van der Waals surface area contributed by atoms with Gasteiger partial charge in [0.25, 0.3) is 0 Å². The molecule has 1 aliphatic carbocycles. The van der Waals surface area contributed by atoms with Crippen LogP contribution in [0, 0.1) is 0 Å². The molecule has 0 saturated heterocycles. The van der Waals surface area contributed by atoms with Gasteiger partial charge in [0.05, 0.1) is 6.04 Å². The largest absolute Gasteiger partial charge is 0.354 e. The lowest BCUT2D eigenvalue weighted by Gasteiger charge is -2.34. The maximum atomic E-state index is 11.8. The second-order valence-electron chi connectivity index (χ2n) is 6.07. The minimum Gasteiger partial charge on any atom is -0.354 e. The van der Waals surface area contributed by atoms with Gasteiger partial charge in [0.1, 0.15) is 0 Å². The average Bonchev–Trinajstić information content (AvgIpc) is 2.72. The van der Waals surface area contributed by atoms with E-state index in [0.29, 0.717) is 6.54 Å². The van der Waals surface area contributed by atoms with Crippen LogP contribution in [0.3, 0.4) is 0 Å². The molecule has 3 N–H and O–H groups in total. The lowest BCUT2D eigenvalue weighted by Crippen LogP contribution is -2.45. The molecule has 1 fully saturated rings. The molecular formula is C17H26N2O. The summed E-state index contributed by atoms with van der Waals surface area (Å²) < 4.78 is 0. The Morgan fingerprint density at radius 3 is 2.35 bits per heavy atom. The van der Waals surface area contributed by atoms with Crippen LogP contribution in [-0.4, -0.2) is 18.5 Å². The maximum absolute atomic E-state index is 11.8. The highest BCUT2D eigenvalue weighted by atomic mass is 16.2. The van der Waals surface area contributed by atoms with Crippen LogP contribution in [0.4, 0.5) is 0 Å². The molecule has 3 heteroatoms. The Morgan fingerprint density at radius 2 is 1.80 bits per heavy atom. The maximum Gasteiger partial charge on any atom is 0.236 e. The molecule has 0 aromatic heterocycles. The first kappa shape index (κ1) is 15.0. The van der Waals surface area contributed by atoms with E-state index in [2.05, 4.69) is 35.6 Å². The van der Waals surface area contributed by atoms with Gasteiger partial charge in [0, 0.05) is 12.0 Å². The van der Waals surface area contributed by atoms with Gasteiger partial charge in [-0.25, -0.2) is 0 Å². The van der Waals surface area contributed by atoms with Crippen molar-refractivity contribution in [2.45, 2.75) is 56.9 Å². The van der Waals surface area contributed by atoms with E-state index in [1.54, 1.807) is 6.92 Å². The van der Waals surface area contributed by atoms with Gasteiger partial charge in [-0.05, 0) is 25.3 Å². The third-order valence-electron chi connectivity index (χ3n) is 4.46. The second kappa shape index (κ2) is 6.89. The summed E-state index contributed by atoms with van der Waals surface area (Å²) in [4.78, 5) is 11.8. The number of amides is 1. The van der Waals surface area contributed by atoms with E-state index >= 15 is 0 Å². The summed E-state index contributed by atoms with van der Waals surface area (Å²) >= 11 is 0. The molecule has 2 rings (SSSR count). The molecule has 110 valence electrons. The molecule has 1 aromatic rings. The molecule has 0 heterocycles. The first-order valence-corrected chi connectivity index (χ1v) is 7.73. The Bertz CT molecular complexity index is 420. The Labute approximate surface area is 121 Å². The Kier molecular flexibility index (Phi) is 5.18. The minimum atomic E-state index is -0.436. The Balaban J connectivity index is 2.17. The van der Waals surface area contributed by atoms with E-state index in [1.807, 2.05) is 0 Å². The summed E-state index contributed by atoms with van der Waals surface area (Å²) in [6, 6.07) is 10.2. The predicted molar refractivity (Wildman–Crippen MR) is 82.5 cm³/mol. The molecule has 0 unspecified atom stereocenters. The summed E-state index contributed by atoms with van der Waals surface area (Å²) in [5.74, 6) is -0.0513. The van der Waals surface area contributed by atoms with Crippen molar-refractivity contribution in [1.29, 1.82) is 0 Å². The van der Waals surface area contributed by atoms with E-state index in [4.69, 9.17) is 5.73 Å². The number of nitrogens with one attached hydrogen (secondary N) is 1. The quantitative estimate of drug-likeness (QED) is 0.829. The Morgan fingerprint density at radius 1 is 1.20 bits per heavy atom. The van der Waals surface area contributed by atoms with Crippen molar-refractivity contribution in [2.24, 2.45) is 5.73 Å². The van der Waals surface area contributed by atoms with Crippen molar-refractivity contribution in [3.8, 4) is 0 Å². The van der Waals surface area contributed by atoms with E-state index < -0.39 is 6.04 Å². The number of benzene rings is 1. The van der Waals surface area contributed by atoms with E-state index in [9.17, 15) is 4.79 Å². The molecule has 20 heavy (non-hydrogen) atoms. The first-order chi connectivity index (χ1) is 9.64. The van der Waals surface area contributed by atoms with Gasteiger partial charge in [0.2, 0.25) is 5.91 Å². The summed E-state index contributed by atoms with van der Waals surface area (Å²) in [6.45, 7) is 2.44. The lowest BCUT2D eigenvalue weighted by molar-refractivity contribution is -0.122. The van der Waals surface area contributed by atoms with Crippen LogP contribution in [0.5, 0.6) is 0 Å². The van der Waals surface area contributed by atoms with Gasteiger partial charge in [0.15, 0.2) is 0 Å². The molecule has 0 aliphatic heterocycles. The molecule has 1 saturated carbocycles. The van der Waals surface area contributed by atoms with Crippen molar-refractivity contribution < 1.29 is 4.79 Å². The zero-order valence-electron chi connectivity index (χ0n) is 12.4. The predicted octanol–water partition coefficient (Wildman–Crippen LogP) is 2.74. The van der Waals surface area contributed by atoms with Gasteiger partial charge in [-0.3, -0.25) is 4.79 Å². The highest BCUT2D eigenvalue weighted by molar-refractivity contribution is 5.81. The molecule has 1 aromatic carbocycles.